The number of aliphatic hydroxyl groups excluding tert-OH is 1. The number of hydrogen-bond acceptors (Lipinski definition) is 5. The molecule has 160 valence electrons. The first-order valence-electron chi connectivity index (χ1n) is 10.6. The van der Waals surface area contributed by atoms with Crippen LogP contribution in [0.15, 0.2) is 36.4 Å². The number of benzene rings is 2. The van der Waals surface area contributed by atoms with E-state index in [9.17, 15) is 4.79 Å². The number of aryl methyl sites for hydroxylation is 1. The summed E-state index contributed by atoms with van der Waals surface area (Å²) in [5, 5.41) is 10.3. The van der Waals surface area contributed by atoms with Crippen molar-refractivity contribution in [3.8, 4) is 17.3 Å². The number of carbonyl (C=O) groups excluding carboxylic acids is 1. The zero-order valence-electron chi connectivity index (χ0n) is 17.8. The van der Waals surface area contributed by atoms with Crippen LogP contribution in [-0.4, -0.2) is 52.3 Å². The van der Waals surface area contributed by atoms with Crippen molar-refractivity contribution in [1.82, 2.24) is 14.1 Å². The van der Waals surface area contributed by atoms with E-state index in [0.717, 1.165) is 61.3 Å². The number of hydrogen-bond donors (Lipinski definition) is 1. The largest absolute Gasteiger partial charge is 0.494 e. The lowest BCUT2D eigenvalue weighted by molar-refractivity contribution is 0.112. The van der Waals surface area contributed by atoms with Gasteiger partial charge >= 0.3 is 0 Å². The fourth-order valence-electron chi connectivity index (χ4n) is 4.75. The average Bonchev–Trinajstić information content (AvgIpc) is 3.33. The van der Waals surface area contributed by atoms with E-state index in [1.165, 1.54) is 16.6 Å². The van der Waals surface area contributed by atoms with E-state index >= 15 is 0 Å². The van der Waals surface area contributed by atoms with Crippen LogP contribution in [0, 0.1) is 0 Å². The minimum absolute atomic E-state index is 0.237. The van der Waals surface area contributed by atoms with Gasteiger partial charge in [0.1, 0.15) is 17.6 Å². The van der Waals surface area contributed by atoms with Gasteiger partial charge in [0, 0.05) is 44.2 Å². The molecule has 31 heavy (non-hydrogen) atoms. The molecule has 1 N–H and O–H groups in total. The molecule has 0 saturated carbocycles. The van der Waals surface area contributed by atoms with Crippen molar-refractivity contribution in [2.24, 2.45) is 7.05 Å². The summed E-state index contributed by atoms with van der Waals surface area (Å²) in [5.74, 6) is 1.50. The quantitative estimate of drug-likeness (QED) is 0.367. The number of rotatable bonds is 7. The maximum absolute atomic E-state index is 11.4. The van der Waals surface area contributed by atoms with E-state index in [1.54, 1.807) is 13.2 Å². The average molecular weight is 418 g/mol. The van der Waals surface area contributed by atoms with Crippen molar-refractivity contribution in [3.05, 3.63) is 42.0 Å². The number of fused-ring (bicyclic) bond motifs is 1. The zero-order valence-corrected chi connectivity index (χ0v) is 17.8. The molecule has 0 radical (unpaired) electrons. The molecule has 4 aromatic rings. The zero-order chi connectivity index (χ0) is 21.5. The Hall–Kier alpha value is -3.32. The van der Waals surface area contributed by atoms with Crippen LogP contribution < -0.4 is 9.64 Å². The van der Waals surface area contributed by atoms with Crippen LogP contribution in [-0.2, 0) is 13.6 Å². The van der Waals surface area contributed by atoms with Gasteiger partial charge in [-0.25, -0.2) is 4.98 Å². The first-order valence-corrected chi connectivity index (χ1v) is 10.6. The van der Waals surface area contributed by atoms with Crippen molar-refractivity contribution in [3.63, 3.8) is 0 Å². The molecule has 5 rings (SSSR count). The van der Waals surface area contributed by atoms with Gasteiger partial charge in [0.05, 0.1) is 29.5 Å². The molecular weight excluding hydrogens is 392 g/mol. The van der Waals surface area contributed by atoms with E-state index in [2.05, 4.69) is 33.7 Å². The Bertz CT molecular complexity index is 1290. The Morgan fingerprint density at radius 1 is 1.16 bits per heavy atom. The number of ether oxygens (including phenoxy) is 1. The highest BCUT2D eigenvalue weighted by Gasteiger charge is 2.24. The monoisotopic (exact) mass is 418 g/mol. The lowest BCUT2D eigenvalue weighted by atomic mass is 10.1. The fraction of sp³-hybridized carbons (Fsp3) is 0.333. The summed E-state index contributed by atoms with van der Waals surface area (Å²) in [7, 11) is 3.60. The second kappa shape index (κ2) is 7.74. The third-order valence-electron chi connectivity index (χ3n) is 6.21. The van der Waals surface area contributed by atoms with Gasteiger partial charge in [-0.2, -0.15) is 0 Å². The second-order valence-electron chi connectivity index (χ2n) is 8.02. The summed E-state index contributed by atoms with van der Waals surface area (Å²) in [6.45, 7) is 2.97. The fourth-order valence-corrected chi connectivity index (χ4v) is 4.75. The number of imidazole rings is 1. The molecule has 3 heterocycles. The molecule has 0 unspecified atom stereocenters. The first kappa shape index (κ1) is 19.6. The Labute approximate surface area is 180 Å². The highest BCUT2D eigenvalue weighted by atomic mass is 16.5. The lowest BCUT2D eigenvalue weighted by Crippen LogP contribution is -2.32. The minimum atomic E-state index is 0.237. The van der Waals surface area contributed by atoms with Gasteiger partial charge < -0.3 is 23.9 Å². The van der Waals surface area contributed by atoms with Gasteiger partial charge in [0.25, 0.3) is 0 Å². The highest BCUT2D eigenvalue weighted by molar-refractivity contribution is 5.98. The van der Waals surface area contributed by atoms with Crippen LogP contribution in [0.2, 0.25) is 0 Å². The summed E-state index contributed by atoms with van der Waals surface area (Å²) in [6.07, 6.45) is 2.62. The van der Waals surface area contributed by atoms with Crippen molar-refractivity contribution >= 4 is 33.9 Å². The second-order valence-corrected chi connectivity index (χ2v) is 8.02. The van der Waals surface area contributed by atoms with Crippen molar-refractivity contribution in [2.45, 2.75) is 19.4 Å². The van der Waals surface area contributed by atoms with Gasteiger partial charge in [0.15, 0.2) is 5.82 Å². The lowest BCUT2D eigenvalue weighted by Gasteiger charge is -2.31. The first-order chi connectivity index (χ1) is 15.2. The molecule has 0 aliphatic carbocycles. The molecule has 0 atom stereocenters. The number of methoxy groups -OCH3 is 1. The van der Waals surface area contributed by atoms with E-state index < -0.39 is 0 Å². The summed E-state index contributed by atoms with van der Waals surface area (Å²) in [6, 6.07) is 12.2. The number of unbranched alkanes of at least 4 members (excludes halogenated alkanes) is 1. The molecule has 1 aliphatic heterocycles. The number of para-hydroxylation sites is 1. The highest BCUT2D eigenvalue weighted by Crippen LogP contribution is 2.38. The van der Waals surface area contributed by atoms with Gasteiger partial charge in [0.2, 0.25) is 0 Å². The summed E-state index contributed by atoms with van der Waals surface area (Å²) in [4.78, 5) is 18.7. The Kier molecular flexibility index (Phi) is 4.90. The normalized spacial score (nSPS) is 13.3. The van der Waals surface area contributed by atoms with Crippen LogP contribution in [0.25, 0.3) is 33.5 Å². The SMILES string of the molecule is COc1cc(C=O)cc2nc(-c3cc4cccc5c4n3CCN5CCCCO)n(C)c12. The maximum atomic E-state index is 11.4. The molecule has 7 nitrogen and oxygen atoms in total. The van der Waals surface area contributed by atoms with E-state index in [4.69, 9.17) is 14.8 Å². The predicted molar refractivity (Wildman–Crippen MR) is 122 cm³/mol. The standard InChI is InChI=1S/C24H26N4O3/c1-26-23-18(12-16(15-30)13-21(23)31-2)25-24(26)20-14-17-6-5-7-19-22(17)28(20)10-9-27(19)8-3-4-11-29/h5-7,12-15,29H,3-4,8-11H2,1-2H3. The molecule has 2 aromatic carbocycles. The summed E-state index contributed by atoms with van der Waals surface area (Å²) >= 11 is 0. The third-order valence-corrected chi connectivity index (χ3v) is 6.21. The Morgan fingerprint density at radius 2 is 2.03 bits per heavy atom. The number of nitrogens with zero attached hydrogens (tertiary/aromatic N) is 4. The molecule has 0 bridgehead atoms. The Morgan fingerprint density at radius 3 is 2.81 bits per heavy atom. The van der Waals surface area contributed by atoms with E-state index in [1.807, 2.05) is 17.7 Å². The van der Waals surface area contributed by atoms with Crippen LogP contribution >= 0.6 is 0 Å². The van der Waals surface area contributed by atoms with Crippen LogP contribution in [0.4, 0.5) is 5.69 Å². The molecule has 1 aliphatic rings. The van der Waals surface area contributed by atoms with Crippen molar-refractivity contribution in [1.29, 1.82) is 0 Å². The third kappa shape index (κ3) is 3.08. The van der Waals surface area contributed by atoms with Crippen LogP contribution in [0.5, 0.6) is 5.75 Å². The number of aldehydes is 1. The summed E-state index contributed by atoms with van der Waals surface area (Å²) in [5.41, 5.74) is 5.69. The number of aromatic nitrogens is 3. The maximum Gasteiger partial charge on any atom is 0.157 e. The Balaban J connectivity index is 1.67. The topological polar surface area (TPSA) is 72.5 Å². The smallest absolute Gasteiger partial charge is 0.157 e. The van der Waals surface area contributed by atoms with Crippen molar-refractivity contribution in [2.75, 3.05) is 31.7 Å². The van der Waals surface area contributed by atoms with Gasteiger partial charge in [-0.05, 0) is 37.1 Å². The molecule has 0 fully saturated rings. The van der Waals surface area contributed by atoms with E-state index in [0.29, 0.717) is 11.3 Å². The van der Waals surface area contributed by atoms with Gasteiger partial charge in [-0.1, -0.05) is 12.1 Å². The van der Waals surface area contributed by atoms with Crippen LogP contribution in [0.1, 0.15) is 23.2 Å². The van der Waals surface area contributed by atoms with Gasteiger partial charge in [-0.3, -0.25) is 4.79 Å². The van der Waals surface area contributed by atoms with Gasteiger partial charge in [-0.15, -0.1) is 0 Å². The number of aliphatic hydroxyl groups is 1. The number of anilines is 1. The molecule has 0 saturated heterocycles. The molecule has 2 aromatic heterocycles. The predicted octanol–water partition coefficient (Wildman–Crippen LogP) is 3.61. The molecule has 0 amide bonds. The molecule has 0 spiro atoms. The van der Waals surface area contributed by atoms with Crippen LogP contribution in [0.3, 0.4) is 0 Å². The van der Waals surface area contributed by atoms with E-state index in [-0.39, 0.29) is 6.61 Å². The molecule has 7 heteroatoms. The minimum Gasteiger partial charge on any atom is -0.494 e. The summed E-state index contributed by atoms with van der Waals surface area (Å²) < 4.78 is 9.95. The molecular formula is C24H26N4O3. The number of carbonyl (C=O) groups is 1. The van der Waals surface area contributed by atoms with Crippen molar-refractivity contribution < 1.29 is 14.6 Å².